The largest absolute Gasteiger partial charge is 0.479 e. The zero-order chi connectivity index (χ0) is 10.7. The predicted molar refractivity (Wildman–Crippen MR) is 58.8 cm³/mol. The Morgan fingerprint density at radius 3 is 2.73 bits per heavy atom. The molecular weight excluding hydrogens is 190 g/mol. The standard InChI is InChI=1S/C11H17N3O/c1-15-11-9(12)7-13-10(14-11)8-5-3-2-4-6-8/h7-8H,2-6,12H2,1H3. The first-order valence-corrected chi connectivity index (χ1v) is 5.47. The SMILES string of the molecule is COc1nc(C2CCCCC2)ncc1N. The monoisotopic (exact) mass is 207 g/mol. The third-order valence-electron chi connectivity index (χ3n) is 2.96. The summed E-state index contributed by atoms with van der Waals surface area (Å²) in [6.07, 6.45) is 7.92. The van der Waals surface area contributed by atoms with Gasteiger partial charge in [-0.1, -0.05) is 19.3 Å². The average Bonchev–Trinajstić information content (AvgIpc) is 2.31. The van der Waals surface area contributed by atoms with E-state index in [-0.39, 0.29) is 0 Å². The van der Waals surface area contributed by atoms with Crippen molar-refractivity contribution in [3.63, 3.8) is 0 Å². The second-order valence-electron chi connectivity index (χ2n) is 4.03. The molecule has 0 unspecified atom stereocenters. The molecule has 4 nitrogen and oxygen atoms in total. The minimum Gasteiger partial charge on any atom is -0.479 e. The maximum Gasteiger partial charge on any atom is 0.240 e. The smallest absolute Gasteiger partial charge is 0.240 e. The highest BCUT2D eigenvalue weighted by Crippen LogP contribution is 2.31. The van der Waals surface area contributed by atoms with Crippen LogP contribution in [0.2, 0.25) is 0 Å². The Balaban J connectivity index is 2.20. The summed E-state index contributed by atoms with van der Waals surface area (Å²) in [6.45, 7) is 0. The van der Waals surface area contributed by atoms with Crippen LogP contribution in [0.1, 0.15) is 43.8 Å². The molecule has 0 amide bonds. The van der Waals surface area contributed by atoms with Gasteiger partial charge in [-0.3, -0.25) is 0 Å². The van der Waals surface area contributed by atoms with Crippen LogP contribution < -0.4 is 10.5 Å². The van der Waals surface area contributed by atoms with Crippen LogP contribution in [0.15, 0.2) is 6.20 Å². The lowest BCUT2D eigenvalue weighted by Gasteiger charge is -2.20. The molecule has 1 aromatic heterocycles. The molecule has 15 heavy (non-hydrogen) atoms. The van der Waals surface area contributed by atoms with Crippen LogP contribution in [0.25, 0.3) is 0 Å². The van der Waals surface area contributed by atoms with E-state index in [9.17, 15) is 0 Å². The summed E-state index contributed by atoms with van der Waals surface area (Å²) in [6, 6.07) is 0. The number of hydrogen-bond donors (Lipinski definition) is 1. The number of anilines is 1. The van der Waals surface area contributed by atoms with Gasteiger partial charge in [0.25, 0.3) is 0 Å². The van der Waals surface area contributed by atoms with E-state index in [1.807, 2.05) is 0 Å². The molecule has 4 heteroatoms. The van der Waals surface area contributed by atoms with Crippen molar-refractivity contribution in [1.29, 1.82) is 0 Å². The summed E-state index contributed by atoms with van der Waals surface area (Å²) in [4.78, 5) is 8.65. The van der Waals surface area contributed by atoms with E-state index in [2.05, 4.69) is 9.97 Å². The summed E-state index contributed by atoms with van der Waals surface area (Å²) >= 11 is 0. The molecule has 0 spiro atoms. The Hall–Kier alpha value is -1.32. The normalized spacial score (nSPS) is 17.7. The number of ether oxygens (including phenoxy) is 1. The number of hydrogen-bond acceptors (Lipinski definition) is 4. The predicted octanol–water partition coefficient (Wildman–Crippen LogP) is 2.12. The minimum atomic E-state index is 0.494. The topological polar surface area (TPSA) is 61.0 Å². The highest BCUT2D eigenvalue weighted by molar-refractivity contribution is 5.45. The molecule has 0 saturated heterocycles. The van der Waals surface area contributed by atoms with E-state index in [0.29, 0.717) is 17.5 Å². The Kier molecular flexibility index (Phi) is 3.04. The average molecular weight is 207 g/mol. The fourth-order valence-corrected chi connectivity index (χ4v) is 2.11. The zero-order valence-electron chi connectivity index (χ0n) is 9.07. The maximum atomic E-state index is 5.68. The first-order chi connectivity index (χ1) is 7.31. The van der Waals surface area contributed by atoms with E-state index in [4.69, 9.17) is 10.5 Å². The van der Waals surface area contributed by atoms with E-state index in [1.165, 1.54) is 32.1 Å². The Bertz CT molecular complexity index is 335. The molecular formula is C11H17N3O. The second kappa shape index (κ2) is 4.47. The summed E-state index contributed by atoms with van der Waals surface area (Å²) in [5.74, 6) is 1.89. The van der Waals surface area contributed by atoms with Crippen LogP contribution in [-0.4, -0.2) is 17.1 Å². The zero-order valence-corrected chi connectivity index (χ0v) is 9.07. The molecule has 1 aromatic rings. The van der Waals surface area contributed by atoms with Gasteiger partial charge >= 0.3 is 0 Å². The lowest BCUT2D eigenvalue weighted by Crippen LogP contribution is -2.10. The molecule has 1 heterocycles. The first-order valence-electron chi connectivity index (χ1n) is 5.47. The van der Waals surface area contributed by atoms with Gasteiger partial charge in [-0.25, -0.2) is 4.98 Å². The number of nitrogens with zero attached hydrogens (tertiary/aromatic N) is 2. The molecule has 0 radical (unpaired) electrons. The molecule has 0 bridgehead atoms. The van der Waals surface area contributed by atoms with Crippen molar-refractivity contribution >= 4 is 5.69 Å². The highest BCUT2D eigenvalue weighted by atomic mass is 16.5. The third-order valence-corrected chi connectivity index (χ3v) is 2.96. The molecule has 1 fully saturated rings. The van der Waals surface area contributed by atoms with Gasteiger partial charge in [-0.15, -0.1) is 0 Å². The van der Waals surface area contributed by atoms with Crippen LogP contribution in [0.5, 0.6) is 5.88 Å². The van der Waals surface area contributed by atoms with Crippen LogP contribution in [-0.2, 0) is 0 Å². The summed E-state index contributed by atoms with van der Waals surface area (Å²) in [5.41, 5.74) is 6.19. The fraction of sp³-hybridized carbons (Fsp3) is 0.636. The lowest BCUT2D eigenvalue weighted by atomic mass is 9.89. The van der Waals surface area contributed by atoms with Gasteiger partial charge in [0.1, 0.15) is 11.5 Å². The first kappa shape index (κ1) is 10.2. The van der Waals surface area contributed by atoms with Gasteiger partial charge in [0.05, 0.1) is 13.3 Å². The fourth-order valence-electron chi connectivity index (χ4n) is 2.11. The van der Waals surface area contributed by atoms with Crippen molar-refractivity contribution in [3.05, 3.63) is 12.0 Å². The maximum absolute atomic E-state index is 5.68. The Labute approximate surface area is 89.9 Å². The molecule has 1 saturated carbocycles. The molecule has 1 aliphatic rings. The van der Waals surface area contributed by atoms with Crippen LogP contribution in [0, 0.1) is 0 Å². The van der Waals surface area contributed by atoms with Crippen molar-refractivity contribution in [2.75, 3.05) is 12.8 Å². The second-order valence-corrected chi connectivity index (χ2v) is 4.03. The Morgan fingerprint density at radius 2 is 2.07 bits per heavy atom. The summed E-state index contributed by atoms with van der Waals surface area (Å²) < 4.78 is 5.10. The number of rotatable bonds is 2. The third kappa shape index (κ3) is 2.19. The quantitative estimate of drug-likeness (QED) is 0.806. The molecule has 82 valence electrons. The molecule has 2 N–H and O–H groups in total. The summed E-state index contributed by atoms with van der Waals surface area (Å²) in [5, 5.41) is 0. The van der Waals surface area contributed by atoms with Gasteiger partial charge < -0.3 is 10.5 Å². The van der Waals surface area contributed by atoms with Gasteiger partial charge in [0.15, 0.2) is 0 Å². The van der Waals surface area contributed by atoms with E-state index >= 15 is 0 Å². The number of nitrogen functional groups attached to an aromatic ring is 1. The van der Waals surface area contributed by atoms with Crippen LogP contribution >= 0.6 is 0 Å². The van der Waals surface area contributed by atoms with E-state index in [1.54, 1.807) is 13.3 Å². The minimum absolute atomic E-state index is 0.494. The molecule has 0 aliphatic heterocycles. The van der Waals surface area contributed by atoms with Gasteiger partial charge in [0.2, 0.25) is 5.88 Å². The van der Waals surface area contributed by atoms with E-state index < -0.39 is 0 Å². The molecule has 0 atom stereocenters. The van der Waals surface area contributed by atoms with Crippen LogP contribution in [0.4, 0.5) is 5.69 Å². The summed E-state index contributed by atoms with van der Waals surface area (Å²) in [7, 11) is 1.59. The Morgan fingerprint density at radius 1 is 1.33 bits per heavy atom. The van der Waals surface area contributed by atoms with Gasteiger partial charge in [0, 0.05) is 5.92 Å². The van der Waals surface area contributed by atoms with Crippen molar-refractivity contribution in [1.82, 2.24) is 9.97 Å². The lowest BCUT2D eigenvalue weighted by molar-refractivity contribution is 0.385. The molecule has 0 aromatic carbocycles. The highest BCUT2D eigenvalue weighted by Gasteiger charge is 2.19. The number of methoxy groups -OCH3 is 1. The molecule has 2 rings (SSSR count). The van der Waals surface area contributed by atoms with Crippen molar-refractivity contribution < 1.29 is 4.74 Å². The van der Waals surface area contributed by atoms with Crippen LogP contribution in [0.3, 0.4) is 0 Å². The van der Waals surface area contributed by atoms with Crippen molar-refractivity contribution in [2.24, 2.45) is 0 Å². The molecule has 1 aliphatic carbocycles. The van der Waals surface area contributed by atoms with Gasteiger partial charge in [-0.05, 0) is 12.8 Å². The van der Waals surface area contributed by atoms with Crippen molar-refractivity contribution in [2.45, 2.75) is 38.0 Å². The van der Waals surface area contributed by atoms with Gasteiger partial charge in [-0.2, -0.15) is 4.98 Å². The number of aromatic nitrogens is 2. The van der Waals surface area contributed by atoms with Crippen molar-refractivity contribution in [3.8, 4) is 5.88 Å². The van der Waals surface area contributed by atoms with E-state index in [0.717, 1.165) is 5.82 Å². The number of nitrogens with two attached hydrogens (primary N) is 1.